The van der Waals surface area contributed by atoms with Crippen LogP contribution in [0.25, 0.3) is 0 Å². The number of anilines is 1. The Labute approximate surface area is 158 Å². The van der Waals surface area contributed by atoms with Gasteiger partial charge in [0.2, 0.25) is 0 Å². The molecule has 2 rings (SSSR count). The number of halogens is 4. The molecule has 0 spiro atoms. The summed E-state index contributed by atoms with van der Waals surface area (Å²) in [6.07, 6.45) is -3.86. The lowest BCUT2D eigenvalue weighted by molar-refractivity contribution is -0.137. The number of aromatic nitrogens is 1. The Morgan fingerprint density at radius 2 is 1.96 bits per heavy atom. The van der Waals surface area contributed by atoms with Gasteiger partial charge in [-0.1, -0.05) is 18.5 Å². The van der Waals surface area contributed by atoms with Crippen molar-refractivity contribution in [3.05, 3.63) is 52.2 Å². The maximum absolute atomic E-state index is 12.9. The highest BCUT2D eigenvalue weighted by Gasteiger charge is 2.34. The first-order valence-corrected chi connectivity index (χ1v) is 9.61. The molecule has 1 aromatic carbocycles. The molecule has 0 aliphatic carbocycles. The van der Waals surface area contributed by atoms with Gasteiger partial charge in [0, 0.05) is 17.8 Å². The number of nitrogens with two attached hydrogens (primary N) is 1. The van der Waals surface area contributed by atoms with Crippen LogP contribution in [-0.2, 0) is 22.6 Å². The smallest absolute Gasteiger partial charge is 0.383 e. The van der Waals surface area contributed by atoms with Gasteiger partial charge in [0.05, 0.1) is 21.8 Å². The number of alkyl halides is 3. The predicted octanol–water partition coefficient (Wildman–Crippen LogP) is 3.06. The van der Waals surface area contributed by atoms with Crippen molar-refractivity contribution >= 4 is 33.2 Å². The molecule has 1 heterocycles. The van der Waals surface area contributed by atoms with E-state index in [4.69, 9.17) is 17.3 Å². The van der Waals surface area contributed by atoms with Crippen LogP contribution >= 0.6 is 11.6 Å². The van der Waals surface area contributed by atoms with Crippen LogP contribution in [0.4, 0.5) is 19.0 Å². The van der Waals surface area contributed by atoms with E-state index in [2.05, 4.69) is 10.3 Å². The molecular weight excluding hydrogens is 407 g/mol. The van der Waals surface area contributed by atoms with Gasteiger partial charge in [-0.2, -0.15) is 13.2 Å². The maximum Gasteiger partial charge on any atom is 0.419 e. The molecule has 2 aromatic rings. The zero-order chi connectivity index (χ0) is 20.4. The van der Waals surface area contributed by atoms with Gasteiger partial charge in [-0.05, 0) is 29.8 Å². The summed E-state index contributed by atoms with van der Waals surface area (Å²) in [7, 11) is -3.58. The van der Waals surface area contributed by atoms with E-state index in [1.807, 2.05) is 0 Å². The molecule has 1 amide bonds. The summed E-state index contributed by atoms with van der Waals surface area (Å²) in [6.45, 7) is 1.21. The van der Waals surface area contributed by atoms with E-state index >= 15 is 0 Å². The van der Waals surface area contributed by atoms with E-state index in [0.29, 0.717) is 6.07 Å². The molecule has 0 aliphatic rings. The maximum atomic E-state index is 12.9. The Morgan fingerprint density at radius 1 is 1.30 bits per heavy atom. The highest BCUT2D eigenvalue weighted by molar-refractivity contribution is 7.91. The molecule has 6 nitrogen and oxygen atoms in total. The summed E-state index contributed by atoms with van der Waals surface area (Å²) >= 11 is 5.87. The number of hydrogen-bond acceptors (Lipinski definition) is 5. The van der Waals surface area contributed by atoms with Crippen LogP contribution in [0.5, 0.6) is 0 Å². The monoisotopic (exact) mass is 421 g/mol. The van der Waals surface area contributed by atoms with E-state index < -0.39 is 33.3 Å². The van der Waals surface area contributed by atoms with Crippen LogP contribution in [0.2, 0.25) is 5.02 Å². The quantitative estimate of drug-likeness (QED) is 0.772. The fourth-order valence-corrected chi connectivity index (χ4v) is 3.56. The number of nitrogen functional groups attached to an aromatic ring is 1. The van der Waals surface area contributed by atoms with Crippen molar-refractivity contribution in [3.8, 4) is 0 Å². The fraction of sp³-hybridized carbons (Fsp3) is 0.250. The molecular formula is C16H15ClF3N3O3S. The van der Waals surface area contributed by atoms with Crippen LogP contribution in [0.1, 0.15) is 28.4 Å². The Morgan fingerprint density at radius 3 is 2.56 bits per heavy atom. The molecule has 3 N–H and O–H groups in total. The molecule has 11 heteroatoms. The molecule has 27 heavy (non-hydrogen) atoms. The number of amides is 1. The van der Waals surface area contributed by atoms with E-state index in [-0.39, 0.29) is 33.3 Å². The summed E-state index contributed by atoms with van der Waals surface area (Å²) in [5.74, 6) is -1.77. The largest absolute Gasteiger partial charge is 0.419 e. The molecule has 0 radical (unpaired) electrons. The molecule has 0 bridgehead atoms. The van der Waals surface area contributed by atoms with Crippen molar-refractivity contribution in [2.45, 2.75) is 24.5 Å². The zero-order valence-corrected chi connectivity index (χ0v) is 15.5. The molecule has 0 fully saturated rings. The average molecular weight is 422 g/mol. The zero-order valence-electron chi connectivity index (χ0n) is 14.0. The molecule has 146 valence electrons. The van der Waals surface area contributed by atoms with Gasteiger partial charge in [0.15, 0.2) is 9.84 Å². The number of sulfone groups is 1. The molecule has 0 unspecified atom stereocenters. The summed E-state index contributed by atoms with van der Waals surface area (Å²) < 4.78 is 62.9. The van der Waals surface area contributed by atoms with Gasteiger partial charge < -0.3 is 11.1 Å². The van der Waals surface area contributed by atoms with Crippen LogP contribution < -0.4 is 11.1 Å². The van der Waals surface area contributed by atoms with Crippen molar-refractivity contribution in [2.24, 2.45) is 0 Å². The molecule has 1 aromatic heterocycles. The number of rotatable bonds is 5. The normalized spacial score (nSPS) is 12.0. The van der Waals surface area contributed by atoms with Gasteiger partial charge in [-0.15, -0.1) is 0 Å². The molecule has 0 atom stereocenters. The third kappa shape index (κ3) is 4.89. The second kappa shape index (κ2) is 7.73. The number of carbonyl (C=O) groups excluding carboxylic acids is 1. The predicted molar refractivity (Wildman–Crippen MR) is 94.0 cm³/mol. The summed E-state index contributed by atoms with van der Waals surface area (Å²) in [5, 5.41) is 2.62. The summed E-state index contributed by atoms with van der Waals surface area (Å²) in [6, 6.07) is 4.66. The van der Waals surface area contributed by atoms with Crippen molar-refractivity contribution < 1.29 is 26.4 Å². The van der Waals surface area contributed by atoms with Gasteiger partial charge in [0.1, 0.15) is 5.82 Å². The topological polar surface area (TPSA) is 102 Å². The van der Waals surface area contributed by atoms with Crippen LogP contribution in [0.15, 0.2) is 35.4 Å². The Bertz CT molecular complexity index is 979. The van der Waals surface area contributed by atoms with E-state index in [0.717, 1.165) is 6.20 Å². The summed E-state index contributed by atoms with van der Waals surface area (Å²) in [4.78, 5) is 15.6. The number of pyridine rings is 1. The number of nitrogens with one attached hydrogen (secondary N) is 1. The van der Waals surface area contributed by atoms with Gasteiger partial charge >= 0.3 is 6.18 Å². The van der Waals surface area contributed by atoms with E-state index in [1.165, 1.54) is 25.1 Å². The summed E-state index contributed by atoms with van der Waals surface area (Å²) in [5.41, 5.74) is 3.82. The number of hydrogen-bond donors (Lipinski definition) is 2. The van der Waals surface area contributed by atoms with Crippen LogP contribution in [0.3, 0.4) is 0 Å². The minimum absolute atomic E-state index is 0.0129. The Kier molecular flexibility index (Phi) is 6.01. The first-order chi connectivity index (χ1) is 12.5. The van der Waals surface area contributed by atoms with Crippen molar-refractivity contribution in [1.29, 1.82) is 0 Å². The second-order valence-electron chi connectivity index (χ2n) is 5.49. The van der Waals surface area contributed by atoms with Crippen molar-refractivity contribution in [1.82, 2.24) is 10.3 Å². The minimum Gasteiger partial charge on any atom is -0.383 e. The first-order valence-electron chi connectivity index (χ1n) is 7.57. The van der Waals surface area contributed by atoms with E-state index in [9.17, 15) is 26.4 Å². The number of nitrogens with zero attached hydrogens (tertiary/aromatic N) is 1. The van der Waals surface area contributed by atoms with Crippen LogP contribution in [0, 0.1) is 0 Å². The first kappa shape index (κ1) is 21.0. The number of carbonyl (C=O) groups is 1. The molecule has 0 saturated heterocycles. The Hall–Kier alpha value is -2.33. The lowest BCUT2D eigenvalue weighted by Gasteiger charge is -2.13. The fourth-order valence-electron chi connectivity index (χ4n) is 2.25. The van der Waals surface area contributed by atoms with Crippen LogP contribution in [-0.4, -0.2) is 25.1 Å². The minimum atomic E-state index is -4.76. The standard InChI is InChI=1S/C16H15ClF3N3O3S/c1-2-27(25,26)13-4-3-11(17)5-9(13)7-23-15(24)10-6-12(16(18,19)20)14(21)22-8-10/h3-6,8H,2,7H2,1H3,(H2,21,22)(H,23,24). The van der Waals surface area contributed by atoms with Gasteiger partial charge in [-0.3, -0.25) is 4.79 Å². The van der Waals surface area contributed by atoms with Crippen molar-refractivity contribution in [2.75, 3.05) is 11.5 Å². The highest BCUT2D eigenvalue weighted by Crippen LogP contribution is 2.33. The SMILES string of the molecule is CCS(=O)(=O)c1ccc(Cl)cc1CNC(=O)c1cnc(N)c(C(F)(F)F)c1. The lowest BCUT2D eigenvalue weighted by atomic mass is 10.1. The Balaban J connectivity index is 2.28. The highest BCUT2D eigenvalue weighted by atomic mass is 35.5. The third-order valence-electron chi connectivity index (χ3n) is 3.66. The molecule has 0 aliphatic heterocycles. The van der Waals surface area contributed by atoms with Crippen molar-refractivity contribution in [3.63, 3.8) is 0 Å². The average Bonchev–Trinajstić information content (AvgIpc) is 2.58. The second-order valence-corrected chi connectivity index (χ2v) is 8.18. The van der Waals surface area contributed by atoms with E-state index in [1.54, 1.807) is 0 Å². The third-order valence-corrected chi connectivity index (χ3v) is 5.73. The number of benzene rings is 1. The molecule has 0 saturated carbocycles. The lowest BCUT2D eigenvalue weighted by Crippen LogP contribution is -2.25. The van der Waals surface area contributed by atoms with Gasteiger partial charge in [0.25, 0.3) is 5.91 Å². The van der Waals surface area contributed by atoms with Gasteiger partial charge in [-0.25, -0.2) is 13.4 Å².